The fraction of sp³-hybridized carbons (Fsp3) is 0.412. The number of alkyl carbamates (subject to hydrolysis) is 2. The summed E-state index contributed by atoms with van der Waals surface area (Å²) in [4.78, 5) is 72.3. The Kier molecular flexibility index (Phi) is 12.5. The molecule has 16 heteroatoms. The number of imidazole rings is 2. The van der Waals surface area contributed by atoms with Crippen molar-refractivity contribution >= 4 is 34.9 Å². The van der Waals surface area contributed by atoms with Crippen molar-refractivity contribution in [3.63, 3.8) is 0 Å². The van der Waals surface area contributed by atoms with Gasteiger partial charge in [0.25, 0.3) is 0 Å². The predicted molar refractivity (Wildman–Crippen MR) is 254 cm³/mol. The molecular weight excluding hydrogens is 851 g/mol. The molecule has 16 nitrogen and oxygen atoms in total. The summed E-state index contributed by atoms with van der Waals surface area (Å²) in [6.07, 6.45) is 7.28. The molecule has 4 amide bonds. The van der Waals surface area contributed by atoms with Crippen LogP contribution in [-0.4, -0.2) is 105 Å². The lowest BCUT2D eigenvalue weighted by atomic mass is 9.87. The third-order valence-electron chi connectivity index (χ3n) is 13.7. The number of carbonyl (C=O) groups excluding carboxylic acids is 4. The van der Waals surface area contributed by atoms with Crippen molar-refractivity contribution in [1.82, 2.24) is 44.9 Å². The van der Waals surface area contributed by atoms with E-state index in [1.165, 1.54) is 25.3 Å². The molecule has 0 radical (unpaired) electrons. The van der Waals surface area contributed by atoms with E-state index < -0.39 is 24.3 Å². The van der Waals surface area contributed by atoms with Crippen LogP contribution >= 0.6 is 0 Å². The van der Waals surface area contributed by atoms with Crippen LogP contribution in [0.1, 0.15) is 88.2 Å². The van der Waals surface area contributed by atoms with Crippen molar-refractivity contribution in [3.05, 3.63) is 95.8 Å². The highest BCUT2D eigenvalue weighted by molar-refractivity contribution is 5.98. The number of methoxy groups -OCH3 is 3. The van der Waals surface area contributed by atoms with Crippen LogP contribution in [0.3, 0.4) is 0 Å². The number of aromatic amines is 2. The van der Waals surface area contributed by atoms with Gasteiger partial charge in [0.15, 0.2) is 0 Å². The summed E-state index contributed by atoms with van der Waals surface area (Å²) >= 11 is 0. The highest BCUT2D eigenvalue weighted by atomic mass is 16.5. The minimum absolute atomic E-state index is 0.123. The number of benzene rings is 3. The number of rotatable bonds is 12. The van der Waals surface area contributed by atoms with Crippen molar-refractivity contribution in [2.45, 2.75) is 90.4 Å². The van der Waals surface area contributed by atoms with E-state index in [2.05, 4.69) is 73.7 Å². The molecule has 0 saturated carbocycles. The molecule has 67 heavy (non-hydrogen) atoms. The SMILES string of the molecule is COC(=O)NC(C(=O)N1CCC[C@H]1c1ncc(-c2ccc3c(c2)c2c(n3-c3cccc(OC)c3)-c3ccc(-c4cnc([C@@H]5CCCN5C(=O)[C@@H](NC(=O)OC)C(C)C)[nH]4)cc3CC2)[nH]1)C(C)C. The van der Waals surface area contributed by atoms with E-state index in [9.17, 15) is 19.2 Å². The predicted octanol–water partition coefficient (Wildman–Crippen LogP) is 8.27. The normalized spacial score (nSPS) is 17.6. The Hall–Kier alpha value is -7.10. The zero-order valence-corrected chi connectivity index (χ0v) is 39.1. The van der Waals surface area contributed by atoms with Crippen LogP contribution in [0.5, 0.6) is 5.75 Å². The number of hydrogen-bond acceptors (Lipinski definition) is 9. The van der Waals surface area contributed by atoms with Gasteiger partial charge in [0.1, 0.15) is 29.5 Å². The Labute approximate surface area is 389 Å². The van der Waals surface area contributed by atoms with Crippen LogP contribution in [0, 0.1) is 11.8 Å². The molecule has 0 spiro atoms. The van der Waals surface area contributed by atoms with Gasteiger partial charge in [-0.1, -0.05) is 52.0 Å². The van der Waals surface area contributed by atoms with Gasteiger partial charge in [-0.15, -0.1) is 0 Å². The molecule has 2 saturated heterocycles. The van der Waals surface area contributed by atoms with E-state index in [1.54, 1.807) is 7.11 Å². The molecule has 2 aliphatic heterocycles. The number of amides is 4. The van der Waals surface area contributed by atoms with Gasteiger partial charge in [-0.2, -0.15) is 0 Å². The monoisotopic (exact) mass is 909 g/mol. The average molecular weight is 910 g/mol. The van der Waals surface area contributed by atoms with Crippen molar-refractivity contribution in [1.29, 1.82) is 0 Å². The summed E-state index contributed by atoms with van der Waals surface area (Å²) in [5.74, 6) is 1.66. The molecule has 1 aliphatic carbocycles. The zero-order chi connectivity index (χ0) is 47.1. The molecule has 1 unspecified atom stereocenters. The van der Waals surface area contributed by atoms with Crippen molar-refractivity contribution in [2.75, 3.05) is 34.4 Å². The zero-order valence-electron chi connectivity index (χ0n) is 39.1. The second kappa shape index (κ2) is 18.6. The first-order valence-corrected chi connectivity index (χ1v) is 23.2. The van der Waals surface area contributed by atoms with Crippen LogP contribution in [0.2, 0.25) is 0 Å². The highest BCUT2D eigenvalue weighted by Crippen LogP contribution is 2.45. The lowest BCUT2D eigenvalue weighted by Crippen LogP contribution is -2.51. The summed E-state index contributed by atoms with van der Waals surface area (Å²) < 4.78 is 17.7. The molecule has 9 rings (SSSR count). The van der Waals surface area contributed by atoms with Crippen molar-refractivity contribution in [2.24, 2.45) is 11.8 Å². The summed E-state index contributed by atoms with van der Waals surface area (Å²) in [5, 5.41) is 6.60. The van der Waals surface area contributed by atoms with Gasteiger partial charge in [0, 0.05) is 41.4 Å². The van der Waals surface area contributed by atoms with Crippen LogP contribution in [-0.2, 0) is 31.9 Å². The lowest BCUT2D eigenvalue weighted by molar-refractivity contribution is -0.136. The van der Waals surface area contributed by atoms with Gasteiger partial charge < -0.3 is 49.2 Å². The number of carbonyl (C=O) groups is 4. The summed E-state index contributed by atoms with van der Waals surface area (Å²) in [7, 11) is 4.27. The second-order valence-corrected chi connectivity index (χ2v) is 18.4. The molecule has 3 aromatic carbocycles. The lowest BCUT2D eigenvalue weighted by Gasteiger charge is -2.30. The van der Waals surface area contributed by atoms with Crippen LogP contribution in [0.4, 0.5) is 9.59 Å². The van der Waals surface area contributed by atoms with E-state index in [1.807, 2.05) is 62.0 Å². The van der Waals surface area contributed by atoms with Crippen LogP contribution in [0.15, 0.2) is 73.1 Å². The van der Waals surface area contributed by atoms with Crippen molar-refractivity contribution in [3.8, 4) is 45.2 Å². The summed E-state index contributed by atoms with van der Waals surface area (Å²) in [6, 6.07) is 19.4. The topological polar surface area (TPSA) is 189 Å². The Morgan fingerprint density at radius 2 is 1.27 bits per heavy atom. The average Bonchev–Trinajstić information content (AvgIpc) is 4.20. The van der Waals surface area contributed by atoms with E-state index >= 15 is 0 Å². The molecule has 3 aliphatic rings. The minimum Gasteiger partial charge on any atom is -0.497 e. The van der Waals surface area contributed by atoms with Gasteiger partial charge in [-0.05, 0) is 97.4 Å². The molecule has 3 aromatic heterocycles. The number of nitrogens with one attached hydrogen (secondary N) is 4. The number of nitrogens with zero attached hydrogens (tertiary/aromatic N) is 5. The fourth-order valence-electron chi connectivity index (χ4n) is 10.2. The maximum absolute atomic E-state index is 13.8. The quantitative estimate of drug-likeness (QED) is 0.0937. The van der Waals surface area contributed by atoms with E-state index in [0.29, 0.717) is 18.9 Å². The molecule has 2 fully saturated rings. The number of likely N-dealkylation sites (tertiary alicyclic amines) is 2. The first kappa shape index (κ1) is 45.1. The van der Waals surface area contributed by atoms with Gasteiger partial charge in [0.05, 0.1) is 68.4 Å². The molecule has 350 valence electrons. The minimum atomic E-state index is -0.714. The van der Waals surface area contributed by atoms with Gasteiger partial charge in [0.2, 0.25) is 11.8 Å². The fourth-order valence-corrected chi connectivity index (χ4v) is 10.2. The second-order valence-electron chi connectivity index (χ2n) is 18.4. The molecule has 4 atom stereocenters. The number of fused-ring (bicyclic) bond motifs is 5. The number of ether oxygens (including phenoxy) is 3. The third kappa shape index (κ3) is 8.49. The number of aryl methyl sites for hydroxylation is 2. The van der Waals surface area contributed by atoms with E-state index in [-0.39, 0.29) is 35.7 Å². The Balaban J connectivity index is 1.03. The van der Waals surface area contributed by atoms with Crippen LogP contribution < -0.4 is 15.4 Å². The molecule has 0 bridgehead atoms. The third-order valence-corrected chi connectivity index (χ3v) is 13.7. The van der Waals surface area contributed by atoms with E-state index in [0.717, 1.165) is 100 Å². The molecule has 5 heterocycles. The smallest absolute Gasteiger partial charge is 0.407 e. The summed E-state index contributed by atoms with van der Waals surface area (Å²) in [5.41, 5.74) is 10.5. The maximum Gasteiger partial charge on any atom is 0.407 e. The first-order valence-electron chi connectivity index (χ1n) is 23.2. The van der Waals surface area contributed by atoms with Crippen molar-refractivity contribution < 1.29 is 33.4 Å². The number of aromatic nitrogens is 5. The van der Waals surface area contributed by atoms with E-state index in [4.69, 9.17) is 24.2 Å². The van der Waals surface area contributed by atoms with Crippen LogP contribution in [0.25, 0.3) is 50.4 Å². The van der Waals surface area contributed by atoms with Gasteiger partial charge in [-0.3, -0.25) is 9.59 Å². The Morgan fingerprint density at radius 1 is 0.701 bits per heavy atom. The molecule has 6 aromatic rings. The van der Waals surface area contributed by atoms with Gasteiger partial charge >= 0.3 is 12.2 Å². The maximum atomic E-state index is 13.8. The Bertz CT molecular complexity index is 2840. The Morgan fingerprint density at radius 3 is 1.82 bits per heavy atom. The first-order chi connectivity index (χ1) is 32.4. The number of H-pyrrole nitrogens is 2. The largest absolute Gasteiger partial charge is 0.497 e. The number of hydrogen-bond donors (Lipinski definition) is 4. The molecular formula is C51H59N9O7. The van der Waals surface area contributed by atoms with Gasteiger partial charge in [-0.25, -0.2) is 19.6 Å². The molecule has 4 N–H and O–H groups in total. The highest BCUT2D eigenvalue weighted by Gasteiger charge is 2.39. The standard InChI is InChI=1S/C51H59N9O7/c1-28(2)43(56-50(63)66-6)48(61)58-21-9-13-41(58)46-52-26-38(54-46)31-16-18-35-30(23-31)15-19-36-37-24-32(17-20-40(37)60(45(35)36)33-11-8-12-34(25-33)65-5)39-27-53-47(55-39)42-14-10-22-59(42)49(62)44(29(3)4)57-51(64)67-7/h8,11-12,16-18,20,23-29,41-44H,9-10,13-15,19,21-22H2,1-7H3,(H,52,54)(H,53,55)(H,56,63)(H,57,64)/t41-,42-,43-,44?/m0/s1. The summed E-state index contributed by atoms with van der Waals surface area (Å²) in [6.45, 7) is 8.80.